The molecule has 7 nitrogen and oxygen atoms in total. The van der Waals surface area contributed by atoms with Crippen LogP contribution in [-0.2, 0) is 14.3 Å². The second kappa shape index (κ2) is 10.6. The minimum Gasteiger partial charge on any atom is -0.483 e. The molecule has 0 saturated heterocycles. The topological polar surface area (TPSA) is 90.9 Å². The molecule has 0 aliphatic carbocycles. The van der Waals surface area contributed by atoms with Crippen molar-refractivity contribution in [2.24, 2.45) is 0 Å². The van der Waals surface area contributed by atoms with Gasteiger partial charge in [0.25, 0.3) is 5.91 Å². The maximum absolute atomic E-state index is 12.5. The maximum Gasteiger partial charge on any atom is 0.348 e. The summed E-state index contributed by atoms with van der Waals surface area (Å²) in [6.45, 7) is 8.89. The third-order valence-electron chi connectivity index (χ3n) is 4.11. The summed E-state index contributed by atoms with van der Waals surface area (Å²) in [6, 6.07) is 3.79. The first-order chi connectivity index (χ1) is 14.2. The second-order valence-electron chi connectivity index (χ2n) is 6.41. The van der Waals surface area contributed by atoms with Gasteiger partial charge in [0.2, 0.25) is 0 Å². The van der Waals surface area contributed by atoms with Gasteiger partial charge in [-0.25, -0.2) is 9.59 Å². The van der Waals surface area contributed by atoms with Crippen molar-refractivity contribution in [1.29, 1.82) is 0 Å². The fraction of sp³-hybridized carbons (Fsp3) is 0.381. The van der Waals surface area contributed by atoms with Crippen molar-refractivity contribution in [2.75, 3.05) is 25.1 Å². The van der Waals surface area contributed by atoms with Crippen molar-refractivity contribution >= 4 is 50.1 Å². The highest BCUT2D eigenvalue weighted by Crippen LogP contribution is 2.34. The molecular weight excluding hydrogens is 474 g/mol. The SMILES string of the molecule is CCOC(=O)c1sc(NC(=O)COc2c(C)cc(Br)cc2C)c(C(=O)OCC)c1C. The van der Waals surface area contributed by atoms with Gasteiger partial charge in [0, 0.05) is 4.47 Å². The van der Waals surface area contributed by atoms with Crippen molar-refractivity contribution in [2.45, 2.75) is 34.6 Å². The average molecular weight is 498 g/mol. The molecule has 0 fully saturated rings. The summed E-state index contributed by atoms with van der Waals surface area (Å²) in [6.07, 6.45) is 0. The molecule has 9 heteroatoms. The van der Waals surface area contributed by atoms with E-state index in [9.17, 15) is 14.4 Å². The fourth-order valence-corrected chi connectivity index (χ4v) is 4.66. The van der Waals surface area contributed by atoms with E-state index in [4.69, 9.17) is 14.2 Å². The summed E-state index contributed by atoms with van der Waals surface area (Å²) in [5.41, 5.74) is 2.33. The maximum atomic E-state index is 12.5. The van der Waals surface area contributed by atoms with Crippen molar-refractivity contribution < 1.29 is 28.6 Å². The Morgan fingerprint density at radius 3 is 2.13 bits per heavy atom. The van der Waals surface area contributed by atoms with Crippen molar-refractivity contribution in [1.82, 2.24) is 0 Å². The van der Waals surface area contributed by atoms with Crippen LogP contribution in [0.3, 0.4) is 0 Å². The molecule has 1 aromatic heterocycles. The zero-order valence-corrected chi connectivity index (χ0v) is 19.9. The van der Waals surface area contributed by atoms with Gasteiger partial charge in [-0.05, 0) is 63.4 Å². The summed E-state index contributed by atoms with van der Waals surface area (Å²) >= 11 is 4.40. The molecule has 0 saturated carbocycles. The first kappa shape index (κ1) is 23.9. The first-order valence-corrected chi connectivity index (χ1v) is 11.0. The number of esters is 2. The van der Waals surface area contributed by atoms with E-state index in [0.29, 0.717) is 11.3 Å². The molecule has 0 spiro atoms. The van der Waals surface area contributed by atoms with E-state index in [1.807, 2.05) is 26.0 Å². The Hall–Kier alpha value is -2.39. The van der Waals surface area contributed by atoms with Gasteiger partial charge in [0.1, 0.15) is 15.6 Å². The number of ether oxygens (including phenoxy) is 3. The van der Waals surface area contributed by atoms with Gasteiger partial charge in [0.15, 0.2) is 6.61 Å². The van der Waals surface area contributed by atoms with Crippen molar-refractivity contribution in [3.63, 3.8) is 0 Å². The smallest absolute Gasteiger partial charge is 0.348 e. The van der Waals surface area contributed by atoms with Crippen LogP contribution in [-0.4, -0.2) is 37.7 Å². The van der Waals surface area contributed by atoms with Gasteiger partial charge in [0.05, 0.1) is 18.8 Å². The van der Waals surface area contributed by atoms with E-state index in [0.717, 1.165) is 26.9 Å². The molecule has 0 atom stereocenters. The number of hydrogen-bond donors (Lipinski definition) is 1. The van der Waals surface area contributed by atoms with Gasteiger partial charge in [-0.2, -0.15) is 0 Å². The molecule has 0 unspecified atom stereocenters. The van der Waals surface area contributed by atoms with Crippen LogP contribution in [0.25, 0.3) is 0 Å². The lowest BCUT2D eigenvalue weighted by atomic mass is 10.1. The van der Waals surface area contributed by atoms with E-state index in [2.05, 4.69) is 21.2 Å². The Balaban J connectivity index is 2.23. The molecule has 1 heterocycles. The largest absolute Gasteiger partial charge is 0.483 e. The van der Waals surface area contributed by atoms with Crippen molar-refractivity contribution in [3.8, 4) is 5.75 Å². The standard InChI is InChI=1S/C21H24BrNO6S/c1-6-27-20(25)16-13(5)18(21(26)28-7-2)30-19(16)23-15(24)10-29-17-11(3)8-14(22)9-12(17)4/h8-9H,6-7,10H2,1-5H3,(H,23,24). The number of rotatable bonds is 8. The summed E-state index contributed by atoms with van der Waals surface area (Å²) in [7, 11) is 0. The molecule has 162 valence electrons. The molecule has 1 amide bonds. The number of hydrogen-bond acceptors (Lipinski definition) is 7. The number of halogens is 1. The number of anilines is 1. The lowest BCUT2D eigenvalue weighted by molar-refractivity contribution is -0.118. The Labute approximate surface area is 187 Å². The fourth-order valence-electron chi connectivity index (χ4n) is 2.87. The lowest BCUT2D eigenvalue weighted by Gasteiger charge is -2.13. The first-order valence-electron chi connectivity index (χ1n) is 9.36. The van der Waals surface area contributed by atoms with Gasteiger partial charge >= 0.3 is 11.9 Å². The zero-order valence-electron chi connectivity index (χ0n) is 17.5. The highest BCUT2D eigenvalue weighted by atomic mass is 79.9. The molecule has 0 aliphatic rings. The number of nitrogens with one attached hydrogen (secondary N) is 1. The molecule has 0 radical (unpaired) electrons. The molecule has 1 N–H and O–H groups in total. The Kier molecular flexibility index (Phi) is 8.43. The van der Waals surface area contributed by atoms with Gasteiger partial charge in [-0.3, -0.25) is 4.79 Å². The molecule has 0 aliphatic heterocycles. The lowest BCUT2D eigenvalue weighted by Crippen LogP contribution is -2.21. The Morgan fingerprint density at radius 2 is 1.57 bits per heavy atom. The number of benzene rings is 1. The van der Waals surface area contributed by atoms with Crippen LogP contribution in [0, 0.1) is 20.8 Å². The van der Waals surface area contributed by atoms with Crippen LogP contribution >= 0.6 is 27.3 Å². The predicted octanol–water partition coefficient (Wildman–Crippen LogP) is 4.81. The number of thiophene rings is 1. The van der Waals surface area contributed by atoms with Crippen LogP contribution in [0.2, 0.25) is 0 Å². The van der Waals surface area contributed by atoms with E-state index in [-0.39, 0.29) is 35.3 Å². The highest BCUT2D eigenvalue weighted by molar-refractivity contribution is 9.10. The predicted molar refractivity (Wildman–Crippen MR) is 119 cm³/mol. The highest BCUT2D eigenvalue weighted by Gasteiger charge is 2.27. The van der Waals surface area contributed by atoms with E-state index >= 15 is 0 Å². The molecule has 2 rings (SSSR count). The summed E-state index contributed by atoms with van der Waals surface area (Å²) < 4.78 is 16.7. The molecule has 0 bridgehead atoms. The number of carbonyl (C=O) groups excluding carboxylic acids is 3. The number of aryl methyl sites for hydroxylation is 2. The van der Waals surface area contributed by atoms with Crippen LogP contribution in [0.1, 0.15) is 50.6 Å². The van der Waals surface area contributed by atoms with E-state index in [1.165, 1.54) is 0 Å². The summed E-state index contributed by atoms with van der Waals surface area (Å²) in [4.78, 5) is 37.4. The number of amides is 1. The molecule has 30 heavy (non-hydrogen) atoms. The molecule has 2 aromatic rings. The van der Waals surface area contributed by atoms with Crippen LogP contribution in [0.5, 0.6) is 5.75 Å². The third kappa shape index (κ3) is 5.60. The van der Waals surface area contributed by atoms with Gasteiger partial charge < -0.3 is 19.5 Å². The van der Waals surface area contributed by atoms with E-state index in [1.54, 1.807) is 20.8 Å². The quantitative estimate of drug-likeness (QED) is 0.526. The van der Waals surface area contributed by atoms with Gasteiger partial charge in [-0.15, -0.1) is 11.3 Å². The second-order valence-corrected chi connectivity index (χ2v) is 8.34. The normalized spacial score (nSPS) is 10.5. The van der Waals surface area contributed by atoms with Crippen LogP contribution < -0.4 is 10.1 Å². The number of carbonyl (C=O) groups is 3. The minimum atomic E-state index is -0.613. The third-order valence-corrected chi connectivity index (χ3v) is 5.76. The summed E-state index contributed by atoms with van der Waals surface area (Å²) in [5.74, 6) is -1.01. The average Bonchev–Trinajstić information content (AvgIpc) is 2.97. The minimum absolute atomic E-state index is 0.147. The molecule has 1 aromatic carbocycles. The van der Waals surface area contributed by atoms with Gasteiger partial charge in [-0.1, -0.05) is 15.9 Å². The monoisotopic (exact) mass is 497 g/mol. The molecular formula is C21H24BrNO6S. The summed E-state index contributed by atoms with van der Waals surface area (Å²) in [5, 5.41) is 2.89. The Bertz CT molecular complexity index is 946. The van der Waals surface area contributed by atoms with Crippen molar-refractivity contribution in [3.05, 3.63) is 43.7 Å². The van der Waals surface area contributed by atoms with Crippen LogP contribution in [0.4, 0.5) is 5.00 Å². The van der Waals surface area contributed by atoms with Crippen LogP contribution in [0.15, 0.2) is 16.6 Å². The Morgan fingerprint density at radius 1 is 1.00 bits per heavy atom. The zero-order chi connectivity index (χ0) is 22.4. The van der Waals surface area contributed by atoms with E-state index < -0.39 is 17.8 Å².